The van der Waals surface area contributed by atoms with Crippen LogP contribution < -0.4 is 4.89 Å². The van der Waals surface area contributed by atoms with Crippen molar-refractivity contribution in [1.29, 1.82) is 0 Å². The Morgan fingerprint density at radius 2 is 2.11 bits per heavy atom. The van der Waals surface area contributed by atoms with Gasteiger partial charge in [-0.25, -0.2) is 0 Å². The van der Waals surface area contributed by atoms with Crippen LogP contribution in [0.1, 0.15) is 46.6 Å². The minimum atomic E-state index is 0.590. The van der Waals surface area contributed by atoms with E-state index in [1.54, 1.807) is 5.56 Å². The van der Waals surface area contributed by atoms with Crippen molar-refractivity contribution in [3.63, 3.8) is 0 Å². The lowest BCUT2D eigenvalue weighted by Gasteiger charge is -2.30. The van der Waals surface area contributed by atoms with Crippen LogP contribution in [-0.4, -0.2) is 30.8 Å². The summed E-state index contributed by atoms with van der Waals surface area (Å²) in [7, 11) is 2.27. The second-order valence-corrected chi connectivity index (χ2v) is 9.25. The zero-order valence-corrected chi connectivity index (χ0v) is 16.8. The number of hydrogen-bond donors (Lipinski definition) is 0. The maximum absolute atomic E-state index is 5.48. The fourth-order valence-corrected chi connectivity index (χ4v) is 5.81. The Morgan fingerprint density at radius 3 is 3.07 bits per heavy atom. The Morgan fingerprint density at radius 1 is 1.15 bits per heavy atom. The smallest absolute Gasteiger partial charge is 0.174 e. The average molecular weight is 382 g/mol. The molecule has 1 aliphatic carbocycles. The van der Waals surface area contributed by atoms with Gasteiger partial charge in [0.1, 0.15) is 6.61 Å². The van der Waals surface area contributed by atoms with Crippen molar-refractivity contribution >= 4 is 11.8 Å². The first-order valence-corrected chi connectivity index (χ1v) is 11.1. The maximum Gasteiger partial charge on any atom is 0.174 e. The maximum atomic E-state index is 5.48. The molecule has 5 rings (SSSR count). The fraction of sp³-hybridized carbons (Fsp3) is 0.478. The van der Waals surface area contributed by atoms with Gasteiger partial charge in [0, 0.05) is 34.9 Å². The fourth-order valence-electron chi connectivity index (χ4n) is 4.75. The quantitative estimate of drug-likeness (QED) is 0.697. The lowest BCUT2D eigenvalue weighted by atomic mass is 9.81. The van der Waals surface area contributed by atoms with Gasteiger partial charge in [0.15, 0.2) is 5.75 Å². The van der Waals surface area contributed by atoms with Crippen LogP contribution in [0.2, 0.25) is 0 Å². The molecule has 0 unspecified atom stereocenters. The van der Waals surface area contributed by atoms with E-state index >= 15 is 0 Å². The summed E-state index contributed by atoms with van der Waals surface area (Å²) in [6.45, 7) is 2.82. The Bertz CT molecular complexity index is 851. The lowest BCUT2D eigenvalue weighted by Crippen LogP contribution is -2.28. The van der Waals surface area contributed by atoms with Gasteiger partial charge in [0.05, 0.1) is 0 Å². The number of rotatable bonds is 5. The van der Waals surface area contributed by atoms with Gasteiger partial charge in [-0.15, -0.1) is 11.8 Å². The number of benzene rings is 2. The molecule has 0 saturated heterocycles. The summed E-state index contributed by atoms with van der Waals surface area (Å²) in [4.78, 5) is 14.7. The van der Waals surface area contributed by atoms with E-state index in [-0.39, 0.29) is 0 Å². The highest BCUT2D eigenvalue weighted by atomic mass is 32.2. The molecule has 0 fully saturated rings. The van der Waals surface area contributed by atoms with E-state index in [9.17, 15) is 0 Å². The van der Waals surface area contributed by atoms with Gasteiger partial charge in [-0.2, -0.15) is 4.89 Å². The molecule has 1 atom stereocenters. The van der Waals surface area contributed by atoms with E-state index in [0.717, 1.165) is 31.7 Å². The van der Waals surface area contributed by atoms with E-state index in [2.05, 4.69) is 42.3 Å². The Hall–Kier alpha value is -1.49. The van der Waals surface area contributed by atoms with Gasteiger partial charge >= 0.3 is 0 Å². The first kappa shape index (κ1) is 17.6. The van der Waals surface area contributed by atoms with Crippen LogP contribution in [0, 0.1) is 0 Å². The number of aryl methyl sites for hydroxylation is 1. The zero-order chi connectivity index (χ0) is 18.2. The molecule has 3 aliphatic rings. The van der Waals surface area contributed by atoms with Gasteiger partial charge in [0.2, 0.25) is 0 Å². The minimum absolute atomic E-state index is 0.590. The molecule has 0 amide bonds. The second-order valence-electron chi connectivity index (χ2n) is 8.11. The number of likely N-dealkylation sites (N-methyl/N-ethyl adjacent to an activating group) is 1. The molecule has 2 aliphatic heterocycles. The summed E-state index contributed by atoms with van der Waals surface area (Å²) in [5.74, 6) is 2.86. The summed E-state index contributed by atoms with van der Waals surface area (Å²) in [6, 6.07) is 11.6. The first-order chi connectivity index (χ1) is 13.3. The van der Waals surface area contributed by atoms with Crippen molar-refractivity contribution < 1.29 is 9.78 Å². The molecule has 142 valence electrons. The topological polar surface area (TPSA) is 21.7 Å². The molecule has 3 nitrogen and oxygen atoms in total. The van der Waals surface area contributed by atoms with Crippen LogP contribution >= 0.6 is 11.8 Å². The third-order valence-electron chi connectivity index (χ3n) is 6.22. The molecule has 0 N–H and O–H groups in total. The third-order valence-corrected chi connectivity index (χ3v) is 7.34. The molecule has 4 heteroatoms. The van der Waals surface area contributed by atoms with Gasteiger partial charge in [0.25, 0.3) is 0 Å². The van der Waals surface area contributed by atoms with Crippen LogP contribution in [0.25, 0.3) is 0 Å². The van der Waals surface area contributed by atoms with Crippen molar-refractivity contribution in [3.05, 3.63) is 58.1 Å². The van der Waals surface area contributed by atoms with Gasteiger partial charge < -0.3 is 9.79 Å². The van der Waals surface area contributed by atoms with Crippen molar-refractivity contribution in [2.45, 2.75) is 49.5 Å². The van der Waals surface area contributed by atoms with Crippen LogP contribution in [-0.2, 0) is 30.8 Å². The van der Waals surface area contributed by atoms with Gasteiger partial charge in [-0.3, -0.25) is 0 Å². The zero-order valence-electron chi connectivity index (χ0n) is 16.0. The monoisotopic (exact) mass is 381 g/mol. The van der Waals surface area contributed by atoms with Gasteiger partial charge in [-0.1, -0.05) is 24.3 Å². The Balaban J connectivity index is 1.24. The first-order valence-electron chi connectivity index (χ1n) is 10.2. The normalized spacial score (nSPS) is 20.3. The van der Waals surface area contributed by atoms with Crippen LogP contribution in [0.5, 0.6) is 5.75 Å². The molecule has 0 saturated carbocycles. The van der Waals surface area contributed by atoms with Crippen molar-refractivity contribution in [2.24, 2.45) is 0 Å². The largest absolute Gasteiger partial charge is 0.337 e. The van der Waals surface area contributed by atoms with E-state index in [1.165, 1.54) is 52.2 Å². The molecular weight excluding hydrogens is 354 g/mol. The number of hydrogen-bond acceptors (Lipinski definition) is 4. The molecule has 0 aromatic heterocycles. The van der Waals surface area contributed by atoms with E-state index in [1.807, 2.05) is 11.8 Å². The summed E-state index contributed by atoms with van der Waals surface area (Å²) in [5.41, 5.74) is 7.11. The molecular formula is C23H27NO2S. The summed E-state index contributed by atoms with van der Waals surface area (Å²) < 4.78 is 0. The number of nitrogens with zero attached hydrogens (tertiary/aromatic N) is 1. The van der Waals surface area contributed by atoms with Crippen LogP contribution in [0.4, 0.5) is 0 Å². The molecule has 0 radical (unpaired) electrons. The average Bonchev–Trinajstić information content (AvgIpc) is 3.35. The number of thioether (sulfide) groups is 1. The predicted molar refractivity (Wildman–Crippen MR) is 110 cm³/mol. The van der Waals surface area contributed by atoms with Crippen molar-refractivity contribution in [1.82, 2.24) is 4.90 Å². The standard InChI is InChI=1S/C23H27NO2S/c1-24(11-9-16-5-8-22-17(13-16)10-12-27-22)14-18-3-2-4-21-20(18)7-6-19-15-25-26-23(19)21/h5-8,13,18H,2-4,9-12,14-15H2,1H3/t18-/m0/s1. The summed E-state index contributed by atoms with van der Waals surface area (Å²) in [5, 5.41) is 0. The van der Waals surface area contributed by atoms with Crippen LogP contribution in [0.15, 0.2) is 35.2 Å². The Labute approximate surface area is 166 Å². The van der Waals surface area contributed by atoms with Crippen molar-refractivity contribution in [2.75, 3.05) is 25.9 Å². The van der Waals surface area contributed by atoms with Gasteiger partial charge in [-0.05, 0) is 67.8 Å². The predicted octanol–water partition coefficient (Wildman–Crippen LogP) is 4.75. The second kappa shape index (κ2) is 7.50. The molecule has 27 heavy (non-hydrogen) atoms. The Kier molecular flexibility index (Phi) is 4.89. The van der Waals surface area contributed by atoms with E-state index in [0.29, 0.717) is 12.5 Å². The summed E-state index contributed by atoms with van der Waals surface area (Å²) in [6.07, 6.45) is 6.00. The van der Waals surface area contributed by atoms with Crippen molar-refractivity contribution in [3.8, 4) is 5.75 Å². The molecule has 0 bridgehead atoms. The van der Waals surface area contributed by atoms with E-state index in [4.69, 9.17) is 9.78 Å². The molecule has 2 aromatic rings. The highest BCUT2D eigenvalue weighted by Crippen LogP contribution is 2.41. The molecule has 0 spiro atoms. The molecule has 2 heterocycles. The molecule has 2 aromatic carbocycles. The lowest BCUT2D eigenvalue weighted by molar-refractivity contribution is -0.195. The third kappa shape index (κ3) is 3.51. The van der Waals surface area contributed by atoms with E-state index < -0.39 is 0 Å². The number of fused-ring (bicyclic) bond motifs is 4. The highest BCUT2D eigenvalue weighted by Gasteiger charge is 2.28. The van der Waals surface area contributed by atoms with Crippen LogP contribution in [0.3, 0.4) is 0 Å². The SMILES string of the molecule is CN(CCc1ccc2c(c1)CCS2)C[C@@H]1CCCc2c1ccc1c2OOC1. The highest BCUT2D eigenvalue weighted by molar-refractivity contribution is 7.99. The summed E-state index contributed by atoms with van der Waals surface area (Å²) >= 11 is 2.00. The minimum Gasteiger partial charge on any atom is -0.337 e.